The summed E-state index contributed by atoms with van der Waals surface area (Å²) < 4.78 is 1.60. The Hall–Kier alpha value is -2.96. The molecular formula is C14H11N3O4. The van der Waals surface area contributed by atoms with Crippen LogP contribution in [-0.4, -0.2) is 32.7 Å². The van der Waals surface area contributed by atoms with Gasteiger partial charge in [-0.15, -0.1) is 0 Å². The third-order valence-corrected chi connectivity index (χ3v) is 3.34. The molecule has 0 bridgehead atoms. The summed E-state index contributed by atoms with van der Waals surface area (Å²) in [4.78, 5) is 36.6. The predicted molar refractivity (Wildman–Crippen MR) is 72.4 cm³/mol. The van der Waals surface area contributed by atoms with Gasteiger partial charge in [0, 0.05) is 12.7 Å². The largest absolute Gasteiger partial charge is 0.478 e. The van der Waals surface area contributed by atoms with E-state index in [4.69, 9.17) is 5.11 Å². The van der Waals surface area contributed by atoms with Crippen LogP contribution >= 0.6 is 0 Å². The van der Waals surface area contributed by atoms with E-state index in [1.807, 2.05) is 6.92 Å². The fraction of sp³-hybridized carbons (Fsp3) is 0.143. The molecule has 0 spiro atoms. The molecule has 1 N–H and O–H groups in total. The number of aromatic carboxylic acids is 1. The van der Waals surface area contributed by atoms with Crippen LogP contribution in [0.5, 0.6) is 0 Å². The molecule has 1 aromatic carbocycles. The van der Waals surface area contributed by atoms with Crippen LogP contribution in [0, 0.1) is 0 Å². The van der Waals surface area contributed by atoms with Crippen molar-refractivity contribution in [1.29, 1.82) is 0 Å². The SMILES string of the molecule is CCn1cc(N2C(=O)c3ccc(C(=O)O)cc3C2=O)cn1. The molecular weight excluding hydrogens is 274 g/mol. The summed E-state index contributed by atoms with van der Waals surface area (Å²) in [7, 11) is 0. The number of imide groups is 1. The standard InChI is InChI=1S/C14H11N3O4/c1-2-16-7-9(6-15-16)17-12(18)10-4-3-8(14(20)21)5-11(10)13(17)19/h3-7H,2H2,1H3,(H,20,21). The molecule has 1 aromatic heterocycles. The minimum Gasteiger partial charge on any atom is -0.478 e. The molecule has 2 aromatic rings. The number of amides is 2. The number of carbonyl (C=O) groups is 3. The second-order valence-electron chi connectivity index (χ2n) is 4.57. The molecule has 1 aliphatic heterocycles. The van der Waals surface area contributed by atoms with Crippen molar-refractivity contribution >= 4 is 23.5 Å². The average Bonchev–Trinajstić information content (AvgIpc) is 3.03. The highest BCUT2D eigenvalue weighted by molar-refractivity contribution is 6.34. The summed E-state index contributed by atoms with van der Waals surface area (Å²) in [5.74, 6) is -2.15. The van der Waals surface area contributed by atoms with Gasteiger partial charge in [-0.2, -0.15) is 5.10 Å². The normalized spacial score (nSPS) is 13.7. The molecule has 7 heteroatoms. The fourth-order valence-electron chi connectivity index (χ4n) is 2.25. The molecule has 0 aliphatic carbocycles. The van der Waals surface area contributed by atoms with Crippen LogP contribution in [0.3, 0.4) is 0 Å². The molecule has 3 rings (SSSR count). The van der Waals surface area contributed by atoms with Gasteiger partial charge in [-0.25, -0.2) is 9.69 Å². The number of fused-ring (bicyclic) bond motifs is 1. The van der Waals surface area contributed by atoms with Crippen molar-refractivity contribution in [3.8, 4) is 0 Å². The number of carbonyl (C=O) groups excluding carboxylic acids is 2. The third-order valence-electron chi connectivity index (χ3n) is 3.34. The van der Waals surface area contributed by atoms with Crippen molar-refractivity contribution in [3.05, 3.63) is 47.3 Å². The molecule has 0 atom stereocenters. The number of aryl methyl sites for hydroxylation is 1. The van der Waals surface area contributed by atoms with Gasteiger partial charge in [0.1, 0.15) is 0 Å². The van der Waals surface area contributed by atoms with E-state index in [0.717, 1.165) is 4.90 Å². The van der Waals surface area contributed by atoms with Crippen LogP contribution in [0.25, 0.3) is 0 Å². The van der Waals surface area contributed by atoms with Gasteiger partial charge in [-0.1, -0.05) is 0 Å². The van der Waals surface area contributed by atoms with E-state index in [0.29, 0.717) is 12.2 Å². The molecule has 0 saturated carbocycles. The molecule has 0 saturated heterocycles. The number of carboxylic acids is 1. The average molecular weight is 285 g/mol. The van der Waals surface area contributed by atoms with Gasteiger partial charge in [0.2, 0.25) is 0 Å². The van der Waals surface area contributed by atoms with Crippen molar-refractivity contribution < 1.29 is 19.5 Å². The first-order chi connectivity index (χ1) is 10.0. The maximum Gasteiger partial charge on any atom is 0.335 e. The summed E-state index contributed by atoms with van der Waals surface area (Å²) in [6.45, 7) is 2.50. The first kappa shape index (κ1) is 13.0. The highest BCUT2D eigenvalue weighted by Gasteiger charge is 2.37. The fourth-order valence-corrected chi connectivity index (χ4v) is 2.25. The van der Waals surface area contributed by atoms with Gasteiger partial charge in [0.15, 0.2) is 0 Å². The Morgan fingerprint density at radius 1 is 1.24 bits per heavy atom. The molecule has 0 fully saturated rings. The molecule has 106 valence electrons. The molecule has 21 heavy (non-hydrogen) atoms. The Labute approximate surface area is 119 Å². The number of benzene rings is 1. The van der Waals surface area contributed by atoms with E-state index >= 15 is 0 Å². The zero-order valence-electron chi connectivity index (χ0n) is 11.1. The van der Waals surface area contributed by atoms with E-state index in [1.165, 1.54) is 24.4 Å². The quantitative estimate of drug-likeness (QED) is 0.860. The number of hydrogen-bond acceptors (Lipinski definition) is 4. The van der Waals surface area contributed by atoms with E-state index in [2.05, 4.69) is 5.10 Å². The van der Waals surface area contributed by atoms with Gasteiger partial charge in [-0.05, 0) is 25.1 Å². The Balaban J connectivity index is 2.06. The van der Waals surface area contributed by atoms with E-state index in [1.54, 1.807) is 10.9 Å². The molecule has 7 nitrogen and oxygen atoms in total. The summed E-state index contributed by atoms with van der Waals surface area (Å²) in [5, 5.41) is 13.0. The van der Waals surface area contributed by atoms with Crippen molar-refractivity contribution in [2.45, 2.75) is 13.5 Å². The summed E-state index contributed by atoms with van der Waals surface area (Å²) in [5.41, 5.74) is 0.652. The maximum atomic E-state index is 12.4. The minimum absolute atomic E-state index is 0.0268. The van der Waals surface area contributed by atoms with Crippen LogP contribution < -0.4 is 4.90 Å². The van der Waals surface area contributed by atoms with Crippen LogP contribution in [-0.2, 0) is 6.54 Å². The topological polar surface area (TPSA) is 92.5 Å². The van der Waals surface area contributed by atoms with Gasteiger partial charge in [0.05, 0.1) is 28.6 Å². The molecule has 1 aliphatic rings. The maximum absolute atomic E-state index is 12.4. The first-order valence-electron chi connectivity index (χ1n) is 6.31. The number of hydrogen-bond donors (Lipinski definition) is 1. The van der Waals surface area contributed by atoms with Gasteiger partial charge < -0.3 is 5.11 Å². The zero-order chi connectivity index (χ0) is 15.1. The van der Waals surface area contributed by atoms with E-state index in [-0.39, 0.29) is 16.7 Å². The minimum atomic E-state index is -1.14. The lowest BCUT2D eigenvalue weighted by atomic mass is 10.1. The monoisotopic (exact) mass is 285 g/mol. The van der Waals surface area contributed by atoms with Crippen molar-refractivity contribution in [2.75, 3.05) is 4.90 Å². The van der Waals surface area contributed by atoms with Crippen LogP contribution in [0.15, 0.2) is 30.6 Å². The second-order valence-corrected chi connectivity index (χ2v) is 4.57. The zero-order valence-corrected chi connectivity index (χ0v) is 11.1. The number of anilines is 1. The summed E-state index contributed by atoms with van der Waals surface area (Å²) in [6.07, 6.45) is 3.03. The Bertz CT molecular complexity index is 778. The van der Waals surface area contributed by atoms with E-state index in [9.17, 15) is 14.4 Å². The Morgan fingerprint density at radius 3 is 2.57 bits per heavy atom. The molecule has 0 unspecified atom stereocenters. The molecule has 2 heterocycles. The third kappa shape index (κ3) is 1.90. The van der Waals surface area contributed by atoms with Crippen molar-refractivity contribution in [3.63, 3.8) is 0 Å². The second kappa shape index (κ2) is 4.55. The van der Waals surface area contributed by atoms with Crippen molar-refractivity contribution in [1.82, 2.24) is 9.78 Å². The Morgan fingerprint density at radius 2 is 1.95 bits per heavy atom. The lowest BCUT2D eigenvalue weighted by Gasteiger charge is -2.10. The lowest BCUT2D eigenvalue weighted by molar-refractivity contribution is 0.0696. The highest BCUT2D eigenvalue weighted by Crippen LogP contribution is 2.28. The van der Waals surface area contributed by atoms with E-state index < -0.39 is 17.8 Å². The number of aromatic nitrogens is 2. The molecule has 0 radical (unpaired) electrons. The number of carboxylic acid groups (broad SMARTS) is 1. The molecule has 2 amide bonds. The summed E-state index contributed by atoms with van der Waals surface area (Å²) >= 11 is 0. The Kier molecular flexibility index (Phi) is 2.83. The first-order valence-corrected chi connectivity index (χ1v) is 6.31. The van der Waals surface area contributed by atoms with Gasteiger partial charge >= 0.3 is 5.97 Å². The summed E-state index contributed by atoms with van der Waals surface area (Å²) in [6, 6.07) is 3.90. The predicted octanol–water partition coefficient (Wildman–Crippen LogP) is 1.40. The van der Waals surface area contributed by atoms with Crippen LogP contribution in [0.1, 0.15) is 38.0 Å². The van der Waals surface area contributed by atoms with Crippen LogP contribution in [0.4, 0.5) is 5.69 Å². The lowest BCUT2D eigenvalue weighted by Crippen LogP contribution is -2.28. The van der Waals surface area contributed by atoms with Crippen LogP contribution in [0.2, 0.25) is 0 Å². The number of rotatable bonds is 3. The van der Waals surface area contributed by atoms with Gasteiger partial charge in [0.25, 0.3) is 11.8 Å². The number of nitrogens with zero attached hydrogens (tertiary/aromatic N) is 3. The van der Waals surface area contributed by atoms with Crippen molar-refractivity contribution in [2.24, 2.45) is 0 Å². The van der Waals surface area contributed by atoms with Gasteiger partial charge in [-0.3, -0.25) is 14.3 Å². The highest BCUT2D eigenvalue weighted by atomic mass is 16.4. The smallest absolute Gasteiger partial charge is 0.335 e.